The molecular weight excluding hydrogens is 292 g/mol. The second-order valence-corrected chi connectivity index (χ2v) is 5.02. The molecule has 3 aromatic heterocycles. The quantitative estimate of drug-likeness (QED) is 0.747. The Kier molecular flexibility index (Phi) is 4.01. The molecule has 0 atom stereocenters. The monoisotopic (exact) mass is 308 g/mol. The summed E-state index contributed by atoms with van der Waals surface area (Å²) < 4.78 is 3.55. The first-order chi connectivity index (χ1) is 11.1. The molecule has 0 spiro atoms. The number of rotatable bonds is 4. The normalized spacial score (nSPS) is 11.0. The number of imidazole rings is 1. The summed E-state index contributed by atoms with van der Waals surface area (Å²) >= 11 is 0. The first kappa shape index (κ1) is 14.7. The molecular formula is C16H16N6O. The van der Waals surface area contributed by atoms with Gasteiger partial charge in [-0.15, -0.1) is 0 Å². The highest BCUT2D eigenvalue weighted by atomic mass is 16.1. The number of anilines is 1. The van der Waals surface area contributed by atoms with E-state index in [1.165, 1.54) is 6.08 Å². The molecule has 23 heavy (non-hydrogen) atoms. The number of aryl methyl sites for hydroxylation is 2. The van der Waals surface area contributed by atoms with Crippen LogP contribution >= 0.6 is 0 Å². The maximum Gasteiger partial charge on any atom is 0.248 e. The van der Waals surface area contributed by atoms with Crippen LogP contribution in [0.1, 0.15) is 11.4 Å². The number of hydrogen-bond acceptors (Lipinski definition) is 4. The largest absolute Gasteiger partial charge is 0.321 e. The lowest BCUT2D eigenvalue weighted by Crippen LogP contribution is -2.08. The molecule has 3 heterocycles. The van der Waals surface area contributed by atoms with Gasteiger partial charge in [-0.1, -0.05) is 0 Å². The number of aromatic nitrogens is 5. The van der Waals surface area contributed by atoms with Crippen LogP contribution in [0, 0.1) is 6.92 Å². The van der Waals surface area contributed by atoms with E-state index in [0.29, 0.717) is 5.69 Å². The van der Waals surface area contributed by atoms with Crippen molar-refractivity contribution in [1.29, 1.82) is 0 Å². The van der Waals surface area contributed by atoms with Crippen LogP contribution in [-0.4, -0.2) is 30.2 Å². The fraction of sp³-hybridized carbons (Fsp3) is 0.125. The molecule has 0 aliphatic rings. The molecule has 1 amide bonds. The van der Waals surface area contributed by atoms with Crippen LogP contribution in [-0.2, 0) is 11.8 Å². The third-order valence-corrected chi connectivity index (χ3v) is 3.24. The molecule has 0 radical (unpaired) electrons. The van der Waals surface area contributed by atoms with Gasteiger partial charge in [-0.3, -0.25) is 14.0 Å². The van der Waals surface area contributed by atoms with Crippen molar-refractivity contribution in [2.45, 2.75) is 6.92 Å². The van der Waals surface area contributed by atoms with E-state index in [-0.39, 0.29) is 5.91 Å². The van der Waals surface area contributed by atoms with Gasteiger partial charge in [0.25, 0.3) is 0 Å². The Bertz CT molecular complexity index is 844. The van der Waals surface area contributed by atoms with Gasteiger partial charge in [0, 0.05) is 37.3 Å². The first-order valence-electron chi connectivity index (χ1n) is 7.06. The van der Waals surface area contributed by atoms with E-state index >= 15 is 0 Å². The summed E-state index contributed by atoms with van der Waals surface area (Å²) in [6.07, 6.45) is 11.9. The Hall–Kier alpha value is -3.22. The maximum absolute atomic E-state index is 11.9. The average Bonchev–Trinajstić information content (AvgIpc) is 3.14. The zero-order chi connectivity index (χ0) is 16.2. The fourth-order valence-corrected chi connectivity index (χ4v) is 2.10. The lowest BCUT2D eigenvalue weighted by atomic mass is 10.3. The maximum atomic E-state index is 11.9. The molecule has 0 fully saturated rings. The number of nitrogens with one attached hydrogen (secondary N) is 1. The molecule has 0 aromatic carbocycles. The van der Waals surface area contributed by atoms with E-state index in [1.54, 1.807) is 35.4 Å². The zero-order valence-electron chi connectivity index (χ0n) is 12.8. The van der Waals surface area contributed by atoms with Crippen molar-refractivity contribution in [3.8, 4) is 5.82 Å². The smallest absolute Gasteiger partial charge is 0.248 e. The van der Waals surface area contributed by atoms with Crippen LogP contribution in [0.25, 0.3) is 11.9 Å². The summed E-state index contributed by atoms with van der Waals surface area (Å²) in [4.78, 5) is 20.4. The van der Waals surface area contributed by atoms with E-state index in [0.717, 1.165) is 17.2 Å². The molecule has 0 bridgehead atoms. The van der Waals surface area contributed by atoms with Crippen molar-refractivity contribution in [1.82, 2.24) is 24.3 Å². The Labute approximate surface area is 133 Å². The summed E-state index contributed by atoms with van der Waals surface area (Å²) in [5.41, 5.74) is 1.50. The van der Waals surface area contributed by atoms with Crippen molar-refractivity contribution in [2.75, 3.05) is 5.32 Å². The highest BCUT2D eigenvalue weighted by molar-refractivity contribution is 6.01. The predicted molar refractivity (Wildman–Crippen MR) is 87.0 cm³/mol. The van der Waals surface area contributed by atoms with Crippen LogP contribution in [0.15, 0.2) is 49.2 Å². The predicted octanol–water partition coefficient (Wildman–Crippen LogP) is 1.96. The lowest BCUT2D eigenvalue weighted by Gasteiger charge is -2.06. The van der Waals surface area contributed by atoms with Crippen molar-refractivity contribution in [3.05, 3.63) is 60.6 Å². The summed E-state index contributed by atoms with van der Waals surface area (Å²) in [6, 6.07) is 3.63. The van der Waals surface area contributed by atoms with Crippen molar-refractivity contribution >= 4 is 17.7 Å². The van der Waals surface area contributed by atoms with Crippen LogP contribution in [0.3, 0.4) is 0 Å². The van der Waals surface area contributed by atoms with E-state index in [2.05, 4.69) is 20.4 Å². The van der Waals surface area contributed by atoms with Crippen LogP contribution in [0.4, 0.5) is 5.69 Å². The Morgan fingerprint density at radius 1 is 1.26 bits per heavy atom. The molecule has 0 aliphatic heterocycles. The number of pyridine rings is 1. The van der Waals surface area contributed by atoms with Crippen molar-refractivity contribution < 1.29 is 4.79 Å². The number of carbonyl (C=O) groups excluding carboxylic acids is 1. The minimum atomic E-state index is -0.220. The fourth-order valence-electron chi connectivity index (χ4n) is 2.10. The van der Waals surface area contributed by atoms with E-state index in [9.17, 15) is 4.79 Å². The average molecular weight is 308 g/mol. The SMILES string of the molecule is Cc1nccn1-c1ccc(NC(=O)C=Cc2cnn(C)c2)cn1. The number of nitrogens with zero attached hydrogens (tertiary/aromatic N) is 5. The van der Waals surface area contributed by atoms with E-state index in [1.807, 2.05) is 37.0 Å². The number of amides is 1. The van der Waals surface area contributed by atoms with Gasteiger partial charge >= 0.3 is 0 Å². The number of hydrogen-bond donors (Lipinski definition) is 1. The zero-order valence-corrected chi connectivity index (χ0v) is 12.8. The molecule has 7 nitrogen and oxygen atoms in total. The highest BCUT2D eigenvalue weighted by Crippen LogP contribution is 2.11. The van der Waals surface area contributed by atoms with Gasteiger partial charge in [0.05, 0.1) is 18.1 Å². The molecule has 1 N–H and O–H groups in total. The molecule has 0 saturated carbocycles. The van der Waals surface area contributed by atoms with Gasteiger partial charge in [-0.25, -0.2) is 9.97 Å². The first-order valence-corrected chi connectivity index (χ1v) is 7.06. The minimum absolute atomic E-state index is 0.220. The molecule has 0 unspecified atom stereocenters. The third kappa shape index (κ3) is 3.52. The lowest BCUT2D eigenvalue weighted by molar-refractivity contribution is -0.111. The Balaban J connectivity index is 1.65. The standard InChI is InChI=1S/C16H16N6O/c1-12-17-7-8-22(12)15-5-4-14(10-18-15)20-16(23)6-3-13-9-19-21(2)11-13/h3-11H,1-2H3,(H,20,23). The second-order valence-electron chi connectivity index (χ2n) is 5.02. The van der Waals surface area contributed by atoms with Crippen LogP contribution in [0.5, 0.6) is 0 Å². The minimum Gasteiger partial charge on any atom is -0.321 e. The van der Waals surface area contributed by atoms with E-state index < -0.39 is 0 Å². The van der Waals surface area contributed by atoms with Crippen molar-refractivity contribution in [2.24, 2.45) is 7.05 Å². The van der Waals surface area contributed by atoms with E-state index in [4.69, 9.17) is 0 Å². The highest BCUT2D eigenvalue weighted by Gasteiger charge is 2.03. The summed E-state index contributed by atoms with van der Waals surface area (Å²) in [6.45, 7) is 1.90. The van der Waals surface area contributed by atoms with Gasteiger partial charge in [-0.2, -0.15) is 5.10 Å². The topological polar surface area (TPSA) is 77.6 Å². The molecule has 3 aromatic rings. The summed E-state index contributed by atoms with van der Waals surface area (Å²) in [7, 11) is 1.83. The Morgan fingerprint density at radius 3 is 2.74 bits per heavy atom. The van der Waals surface area contributed by atoms with Gasteiger partial charge in [0.2, 0.25) is 5.91 Å². The Morgan fingerprint density at radius 2 is 2.13 bits per heavy atom. The molecule has 3 rings (SSSR count). The van der Waals surface area contributed by atoms with Crippen LogP contribution in [0.2, 0.25) is 0 Å². The van der Waals surface area contributed by atoms with Gasteiger partial charge in [-0.05, 0) is 25.1 Å². The van der Waals surface area contributed by atoms with Crippen LogP contribution < -0.4 is 5.32 Å². The summed E-state index contributed by atoms with van der Waals surface area (Å²) in [5, 5.41) is 6.80. The molecule has 116 valence electrons. The van der Waals surface area contributed by atoms with Gasteiger partial charge in [0.1, 0.15) is 11.6 Å². The molecule has 7 heteroatoms. The molecule has 0 aliphatic carbocycles. The van der Waals surface area contributed by atoms with Crippen molar-refractivity contribution in [3.63, 3.8) is 0 Å². The third-order valence-electron chi connectivity index (χ3n) is 3.24. The second kappa shape index (κ2) is 6.27. The number of carbonyl (C=O) groups is 1. The van der Waals surface area contributed by atoms with Gasteiger partial charge in [0.15, 0.2) is 0 Å². The summed E-state index contributed by atoms with van der Waals surface area (Å²) in [5.74, 6) is 1.39. The van der Waals surface area contributed by atoms with Gasteiger partial charge < -0.3 is 5.32 Å². The molecule has 0 saturated heterocycles.